The normalized spacial score (nSPS) is 12.9. The van der Waals surface area contributed by atoms with Gasteiger partial charge in [-0.05, 0) is 31.2 Å². The number of carbonyl (C=O) groups is 1. The van der Waals surface area contributed by atoms with Crippen LogP contribution in [0.25, 0.3) is 0 Å². The Kier molecular flexibility index (Phi) is 5.93. The van der Waals surface area contributed by atoms with Gasteiger partial charge in [-0.15, -0.1) is 0 Å². The Balaban J connectivity index is 2.41. The van der Waals surface area contributed by atoms with Crippen LogP contribution in [0.4, 0.5) is 0 Å². The van der Waals surface area contributed by atoms with Gasteiger partial charge in [-0.1, -0.05) is 12.1 Å². The van der Waals surface area contributed by atoms with Crippen LogP contribution in [0, 0.1) is 0 Å². The van der Waals surface area contributed by atoms with Crippen molar-refractivity contribution in [2.45, 2.75) is 12.5 Å². The number of hydrogen-bond acceptors (Lipinski definition) is 5. The van der Waals surface area contributed by atoms with E-state index in [1.165, 1.54) is 19.2 Å². The molecule has 0 saturated heterocycles. The number of nitrogens with one attached hydrogen (secondary N) is 2. The first-order chi connectivity index (χ1) is 9.34. The SMILES string of the molecule is CNS(=O)(=O)CCNC(=O)[C@H](N)Cc1ccc(O)cc1. The summed E-state index contributed by atoms with van der Waals surface area (Å²) in [6.45, 7) is 0.00524. The summed E-state index contributed by atoms with van der Waals surface area (Å²) in [5, 5.41) is 11.6. The third kappa shape index (κ3) is 5.55. The van der Waals surface area contributed by atoms with Crippen LogP contribution in [-0.2, 0) is 21.2 Å². The number of hydrogen-bond donors (Lipinski definition) is 4. The minimum absolute atomic E-state index is 0.00524. The zero-order valence-corrected chi connectivity index (χ0v) is 12.0. The molecule has 1 aromatic rings. The highest BCUT2D eigenvalue weighted by Gasteiger charge is 2.15. The van der Waals surface area contributed by atoms with Crippen molar-refractivity contribution in [1.29, 1.82) is 0 Å². The zero-order chi connectivity index (χ0) is 15.2. The predicted molar refractivity (Wildman–Crippen MR) is 75.6 cm³/mol. The molecule has 0 unspecified atom stereocenters. The van der Waals surface area contributed by atoms with Gasteiger partial charge in [-0.2, -0.15) is 0 Å². The quantitative estimate of drug-likeness (QED) is 0.511. The van der Waals surface area contributed by atoms with Crippen LogP contribution in [-0.4, -0.2) is 44.8 Å². The lowest BCUT2D eigenvalue weighted by molar-refractivity contribution is -0.122. The number of carbonyl (C=O) groups excluding carboxylic acids is 1. The monoisotopic (exact) mass is 301 g/mol. The van der Waals surface area contributed by atoms with Crippen LogP contribution in [0.2, 0.25) is 0 Å². The van der Waals surface area contributed by atoms with Crippen molar-refractivity contribution in [3.05, 3.63) is 29.8 Å². The number of amides is 1. The maximum Gasteiger partial charge on any atom is 0.237 e. The largest absolute Gasteiger partial charge is 0.508 e. The third-order valence-electron chi connectivity index (χ3n) is 2.71. The van der Waals surface area contributed by atoms with E-state index in [2.05, 4.69) is 10.0 Å². The number of aromatic hydroxyl groups is 1. The summed E-state index contributed by atoms with van der Waals surface area (Å²) in [5.41, 5.74) is 6.54. The van der Waals surface area contributed by atoms with Crippen molar-refractivity contribution in [1.82, 2.24) is 10.0 Å². The summed E-state index contributed by atoms with van der Waals surface area (Å²) in [4.78, 5) is 11.7. The van der Waals surface area contributed by atoms with Gasteiger partial charge in [-0.3, -0.25) is 4.79 Å². The lowest BCUT2D eigenvalue weighted by atomic mass is 10.1. The molecule has 5 N–H and O–H groups in total. The van der Waals surface area contributed by atoms with E-state index in [4.69, 9.17) is 10.8 Å². The molecular weight excluding hydrogens is 282 g/mol. The first-order valence-electron chi connectivity index (χ1n) is 6.06. The molecule has 0 aliphatic carbocycles. The predicted octanol–water partition coefficient (Wildman–Crippen LogP) is -1.07. The number of nitrogens with two attached hydrogens (primary N) is 1. The van der Waals surface area contributed by atoms with Gasteiger partial charge in [0, 0.05) is 6.54 Å². The Hall–Kier alpha value is -1.64. The molecule has 8 heteroatoms. The molecule has 0 spiro atoms. The average Bonchev–Trinajstić information content (AvgIpc) is 2.41. The maximum absolute atomic E-state index is 11.7. The van der Waals surface area contributed by atoms with E-state index in [9.17, 15) is 13.2 Å². The van der Waals surface area contributed by atoms with E-state index in [-0.39, 0.29) is 18.0 Å². The number of benzene rings is 1. The highest BCUT2D eigenvalue weighted by molar-refractivity contribution is 7.89. The molecule has 0 aliphatic heterocycles. The summed E-state index contributed by atoms with van der Waals surface area (Å²) in [6.07, 6.45) is 0.310. The van der Waals surface area contributed by atoms with Crippen LogP contribution < -0.4 is 15.8 Å². The fourth-order valence-corrected chi connectivity index (χ4v) is 2.10. The molecule has 1 rings (SSSR count). The fourth-order valence-electron chi connectivity index (χ4n) is 1.52. The van der Waals surface area contributed by atoms with Crippen LogP contribution in [0.15, 0.2) is 24.3 Å². The summed E-state index contributed by atoms with van der Waals surface area (Å²) in [6, 6.07) is 5.61. The molecule has 0 aliphatic rings. The molecule has 1 atom stereocenters. The summed E-state index contributed by atoms with van der Waals surface area (Å²) in [5.74, 6) is -0.463. The first-order valence-corrected chi connectivity index (χ1v) is 7.71. The third-order valence-corrected chi connectivity index (χ3v) is 4.07. The van der Waals surface area contributed by atoms with Crippen molar-refractivity contribution in [2.75, 3.05) is 19.3 Å². The molecule has 112 valence electrons. The van der Waals surface area contributed by atoms with Crippen molar-refractivity contribution in [2.24, 2.45) is 5.73 Å². The van der Waals surface area contributed by atoms with Crippen LogP contribution in [0.1, 0.15) is 5.56 Å². The highest BCUT2D eigenvalue weighted by Crippen LogP contribution is 2.10. The van der Waals surface area contributed by atoms with E-state index in [0.717, 1.165) is 5.56 Å². The molecule has 20 heavy (non-hydrogen) atoms. The van der Waals surface area contributed by atoms with Gasteiger partial charge in [0.15, 0.2) is 0 Å². The number of phenols is 1. The smallest absolute Gasteiger partial charge is 0.237 e. The Morgan fingerprint density at radius 2 is 1.95 bits per heavy atom. The van der Waals surface area contributed by atoms with E-state index in [0.29, 0.717) is 6.42 Å². The van der Waals surface area contributed by atoms with Gasteiger partial charge in [0.05, 0.1) is 11.8 Å². The second-order valence-electron chi connectivity index (χ2n) is 4.29. The molecule has 0 fully saturated rings. The van der Waals surface area contributed by atoms with Gasteiger partial charge < -0.3 is 16.2 Å². The van der Waals surface area contributed by atoms with Gasteiger partial charge in [0.25, 0.3) is 0 Å². The maximum atomic E-state index is 11.7. The Bertz CT molecular complexity index is 542. The number of rotatable bonds is 7. The second-order valence-corrected chi connectivity index (χ2v) is 6.34. The standard InChI is InChI=1S/C12H19N3O4S/c1-14-20(18,19)7-6-15-12(17)11(13)8-9-2-4-10(16)5-3-9/h2-5,11,14,16H,6-8,13H2,1H3,(H,15,17)/t11-/m1/s1. The highest BCUT2D eigenvalue weighted by atomic mass is 32.2. The van der Waals surface area contributed by atoms with E-state index >= 15 is 0 Å². The van der Waals surface area contributed by atoms with Gasteiger partial charge >= 0.3 is 0 Å². The lowest BCUT2D eigenvalue weighted by Crippen LogP contribution is -2.44. The van der Waals surface area contributed by atoms with Crippen LogP contribution in [0.3, 0.4) is 0 Å². The Morgan fingerprint density at radius 3 is 2.50 bits per heavy atom. The number of sulfonamides is 1. The average molecular weight is 301 g/mol. The van der Waals surface area contributed by atoms with Crippen LogP contribution >= 0.6 is 0 Å². The molecule has 0 radical (unpaired) electrons. The first kappa shape index (κ1) is 16.4. The molecule has 0 aromatic heterocycles. The topological polar surface area (TPSA) is 122 Å². The summed E-state index contributed by atoms with van der Waals surface area (Å²) in [7, 11) is -2.02. The molecule has 0 saturated carbocycles. The van der Waals surface area contributed by atoms with E-state index < -0.39 is 22.0 Å². The molecule has 1 amide bonds. The van der Waals surface area contributed by atoms with Crippen LogP contribution in [0.5, 0.6) is 5.75 Å². The van der Waals surface area contributed by atoms with Crippen molar-refractivity contribution >= 4 is 15.9 Å². The number of phenolic OH excluding ortho intramolecular Hbond substituents is 1. The van der Waals surface area contributed by atoms with Gasteiger partial charge in [0.2, 0.25) is 15.9 Å². The van der Waals surface area contributed by atoms with Crippen molar-refractivity contribution in [3.63, 3.8) is 0 Å². The molecular formula is C12H19N3O4S. The zero-order valence-electron chi connectivity index (χ0n) is 11.2. The molecule has 0 bridgehead atoms. The van der Waals surface area contributed by atoms with Gasteiger partial charge in [-0.25, -0.2) is 13.1 Å². The molecule has 0 heterocycles. The fraction of sp³-hybridized carbons (Fsp3) is 0.417. The molecule has 1 aromatic carbocycles. The minimum Gasteiger partial charge on any atom is -0.508 e. The van der Waals surface area contributed by atoms with Crippen molar-refractivity contribution < 1.29 is 18.3 Å². The van der Waals surface area contributed by atoms with Crippen molar-refractivity contribution in [3.8, 4) is 5.75 Å². The second kappa shape index (κ2) is 7.22. The van der Waals surface area contributed by atoms with E-state index in [1.807, 2.05) is 0 Å². The van der Waals surface area contributed by atoms with Gasteiger partial charge in [0.1, 0.15) is 5.75 Å². The Morgan fingerprint density at radius 1 is 1.35 bits per heavy atom. The Labute approximate surface area is 118 Å². The minimum atomic E-state index is -3.34. The summed E-state index contributed by atoms with van der Waals surface area (Å²) < 4.78 is 24.5. The lowest BCUT2D eigenvalue weighted by Gasteiger charge is -2.12. The van der Waals surface area contributed by atoms with E-state index in [1.54, 1.807) is 12.1 Å². The summed E-state index contributed by atoms with van der Waals surface area (Å²) >= 11 is 0. The molecule has 7 nitrogen and oxygen atoms in total.